The number of anilines is 2. The number of nitriles is 1. The van der Waals surface area contributed by atoms with Crippen molar-refractivity contribution in [3.8, 4) is 11.8 Å². The summed E-state index contributed by atoms with van der Waals surface area (Å²) >= 11 is 0. The predicted molar refractivity (Wildman–Crippen MR) is 97.1 cm³/mol. The molecule has 26 heavy (non-hydrogen) atoms. The average Bonchev–Trinajstić information content (AvgIpc) is 2.63. The van der Waals surface area contributed by atoms with Crippen molar-refractivity contribution in [3.05, 3.63) is 54.6 Å². The van der Waals surface area contributed by atoms with E-state index in [-0.39, 0.29) is 25.3 Å². The second kappa shape index (κ2) is 9.69. The van der Waals surface area contributed by atoms with Gasteiger partial charge >= 0.3 is 12.2 Å². The molecule has 0 saturated carbocycles. The molecule has 0 aromatic heterocycles. The summed E-state index contributed by atoms with van der Waals surface area (Å²) in [5.74, 6) is 0.266. The number of nitrogens with one attached hydrogen (secondary N) is 1. The van der Waals surface area contributed by atoms with E-state index in [0.29, 0.717) is 11.4 Å². The molecule has 0 fully saturated rings. The first-order valence-corrected chi connectivity index (χ1v) is 8.09. The van der Waals surface area contributed by atoms with Crippen molar-refractivity contribution in [3.63, 3.8) is 0 Å². The molecular weight excluding hydrogens is 334 g/mol. The lowest BCUT2D eigenvalue weighted by Gasteiger charge is -2.21. The molecule has 0 heterocycles. The van der Waals surface area contributed by atoms with Crippen LogP contribution in [-0.4, -0.2) is 25.3 Å². The van der Waals surface area contributed by atoms with Crippen LogP contribution in [0, 0.1) is 11.3 Å². The van der Waals surface area contributed by atoms with Gasteiger partial charge < -0.3 is 9.47 Å². The van der Waals surface area contributed by atoms with Crippen molar-refractivity contribution in [2.75, 3.05) is 23.4 Å². The third-order valence-electron chi connectivity index (χ3n) is 3.30. The smallest absolute Gasteiger partial charge is 0.419 e. The van der Waals surface area contributed by atoms with Crippen molar-refractivity contribution < 1.29 is 19.1 Å². The average molecular weight is 353 g/mol. The van der Waals surface area contributed by atoms with Crippen LogP contribution in [0.4, 0.5) is 21.0 Å². The van der Waals surface area contributed by atoms with Crippen molar-refractivity contribution in [1.82, 2.24) is 0 Å². The van der Waals surface area contributed by atoms with Crippen LogP contribution >= 0.6 is 0 Å². The Morgan fingerprint density at radius 3 is 2.62 bits per heavy atom. The highest BCUT2D eigenvalue weighted by Crippen LogP contribution is 2.21. The first kappa shape index (κ1) is 18.8. The first-order valence-electron chi connectivity index (χ1n) is 8.09. The van der Waals surface area contributed by atoms with Crippen LogP contribution in [-0.2, 0) is 4.74 Å². The number of hydrogen-bond donors (Lipinski definition) is 1. The molecule has 0 aliphatic carbocycles. The molecular formula is C19H19N3O4. The molecule has 0 atom stereocenters. The summed E-state index contributed by atoms with van der Waals surface area (Å²) in [5.41, 5.74) is 1.07. The van der Waals surface area contributed by atoms with E-state index in [1.807, 2.05) is 12.1 Å². The summed E-state index contributed by atoms with van der Waals surface area (Å²) in [6.45, 7) is 2.17. The number of hydrogen-bond acceptors (Lipinski definition) is 5. The summed E-state index contributed by atoms with van der Waals surface area (Å²) in [6, 6.07) is 17.4. The van der Waals surface area contributed by atoms with Crippen LogP contribution in [0.3, 0.4) is 0 Å². The largest absolute Gasteiger partial charge is 0.450 e. The Hall–Kier alpha value is -3.53. The standard InChI is InChI=1S/C19H19N3O4/c1-2-25-18(23)21-15-8-6-11-17(14-15)26-19(24)22(13-7-12-20)16-9-4-3-5-10-16/h3-6,8-11,14H,2,7,13H2,1H3,(H,21,23). The van der Waals surface area contributed by atoms with Gasteiger partial charge in [0.15, 0.2) is 0 Å². The van der Waals surface area contributed by atoms with Gasteiger partial charge in [0.2, 0.25) is 0 Å². The molecule has 0 aliphatic rings. The molecule has 134 valence electrons. The molecule has 0 saturated heterocycles. The van der Waals surface area contributed by atoms with E-state index in [4.69, 9.17) is 14.7 Å². The number of nitrogens with zero attached hydrogens (tertiary/aromatic N) is 2. The molecule has 0 aliphatic heterocycles. The van der Waals surface area contributed by atoms with E-state index >= 15 is 0 Å². The molecule has 7 heteroatoms. The fraction of sp³-hybridized carbons (Fsp3) is 0.211. The summed E-state index contributed by atoms with van der Waals surface area (Å²) in [5, 5.41) is 11.4. The van der Waals surface area contributed by atoms with Crippen LogP contribution in [0.5, 0.6) is 5.75 Å². The number of carbonyl (C=O) groups excluding carboxylic acids is 2. The van der Waals surface area contributed by atoms with Gasteiger partial charge in [0.05, 0.1) is 19.1 Å². The quantitative estimate of drug-likeness (QED) is 0.841. The van der Waals surface area contributed by atoms with Gasteiger partial charge in [-0.3, -0.25) is 10.2 Å². The van der Waals surface area contributed by atoms with E-state index in [2.05, 4.69) is 5.32 Å². The molecule has 0 bridgehead atoms. The van der Waals surface area contributed by atoms with Crippen molar-refractivity contribution in [2.24, 2.45) is 0 Å². The zero-order chi connectivity index (χ0) is 18.8. The number of rotatable bonds is 6. The fourth-order valence-electron chi connectivity index (χ4n) is 2.17. The Morgan fingerprint density at radius 1 is 1.15 bits per heavy atom. The van der Waals surface area contributed by atoms with Crippen molar-refractivity contribution in [2.45, 2.75) is 13.3 Å². The zero-order valence-corrected chi connectivity index (χ0v) is 14.3. The molecule has 0 radical (unpaired) electrons. The molecule has 0 unspecified atom stereocenters. The highest BCUT2D eigenvalue weighted by Gasteiger charge is 2.18. The third-order valence-corrected chi connectivity index (χ3v) is 3.30. The van der Waals surface area contributed by atoms with Gasteiger partial charge in [-0.05, 0) is 31.2 Å². The Balaban J connectivity index is 2.11. The molecule has 2 aromatic rings. The fourth-order valence-corrected chi connectivity index (χ4v) is 2.17. The maximum Gasteiger partial charge on any atom is 0.419 e. The van der Waals surface area contributed by atoms with Gasteiger partial charge in [-0.1, -0.05) is 24.3 Å². The predicted octanol–water partition coefficient (Wildman–Crippen LogP) is 4.17. The summed E-state index contributed by atoms with van der Waals surface area (Å²) in [6.07, 6.45) is -1.02. The van der Waals surface area contributed by atoms with Crippen molar-refractivity contribution in [1.29, 1.82) is 5.26 Å². The minimum atomic E-state index is -0.611. The minimum absolute atomic E-state index is 0.175. The Bertz CT molecular complexity index is 787. The maximum absolute atomic E-state index is 12.5. The van der Waals surface area contributed by atoms with Gasteiger partial charge in [0.25, 0.3) is 0 Å². The molecule has 2 amide bonds. The van der Waals surface area contributed by atoms with Gasteiger partial charge in [-0.15, -0.1) is 0 Å². The SMILES string of the molecule is CCOC(=O)Nc1cccc(OC(=O)N(CCC#N)c2ccccc2)c1. The lowest BCUT2D eigenvalue weighted by atomic mass is 10.3. The van der Waals surface area contributed by atoms with Crippen LogP contribution in [0.2, 0.25) is 0 Å². The summed E-state index contributed by atoms with van der Waals surface area (Å²) < 4.78 is 10.2. The second-order valence-corrected chi connectivity index (χ2v) is 5.14. The number of benzene rings is 2. The van der Waals surface area contributed by atoms with Gasteiger partial charge in [0, 0.05) is 24.0 Å². The van der Waals surface area contributed by atoms with E-state index in [1.165, 1.54) is 11.0 Å². The Kier molecular flexibility index (Phi) is 7.01. The highest BCUT2D eigenvalue weighted by molar-refractivity contribution is 5.89. The van der Waals surface area contributed by atoms with Gasteiger partial charge in [-0.25, -0.2) is 9.59 Å². The lowest BCUT2D eigenvalue weighted by molar-refractivity contribution is 0.168. The molecule has 1 N–H and O–H groups in total. The number of carbonyl (C=O) groups is 2. The monoisotopic (exact) mass is 353 g/mol. The van der Waals surface area contributed by atoms with Crippen LogP contribution in [0.1, 0.15) is 13.3 Å². The van der Waals surface area contributed by atoms with E-state index in [9.17, 15) is 9.59 Å². The highest BCUT2D eigenvalue weighted by atomic mass is 16.6. The van der Waals surface area contributed by atoms with E-state index in [0.717, 1.165) is 0 Å². The number of amides is 2. The number of ether oxygens (including phenoxy) is 2. The molecule has 0 spiro atoms. The molecule has 2 rings (SSSR count). The van der Waals surface area contributed by atoms with Crippen molar-refractivity contribution >= 4 is 23.6 Å². The third kappa shape index (κ3) is 5.53. The maximum atomic E-state index is 12.5. The lowest BCUT2D eigenvalue weighted by Crippen LogP contribution is -2.34. The molecule has 2 aromatic carbocycles. The normalized spacial score (nSPS) is 9.69. The van der Waals surface area contributed by atoms with E-state index < -0.39 is 12.2 Å². The second-order valence-electron chi connectivity index (χ2n) is 5.14. The minimum Gasteiger partial charge on any atom is -0.450 e. The van der Waals surface area contributed by atoms with Gasteiger partial charge in [0.1, 0.15) is 5.75 Å². The molecule has 7 nitrogen and oxygen atoms in total. The van der Waals surface area contributed by atoms with E-state index in [1.54, 1.807) is 49.4 Å². The van der Waals surface area contributed by atoms with Crippen LogP contribution in [0.15, 0.2) is 54.6 Å². The summed E-state index contributed by atoms with van der Waals surface area (Å²) in [4.78, 5) is 25.4. The van der Waals surface area contributed by atoms with Gasteiger partial charge in [-0.2, -0.15) is 5.26 Å². The van der Waals surface area contributed by atoms with Crippen LogP contribution in [0.25, 0.3) is 0 Å². The zero-order valence-electron chi connectivity index (χ0n) is 14.3. The topological polar surface area (TPSA) is 91.7 Å². The number of para-hydroxylation sites is 1. The Labute approximate surface area is 151 Å². The Morgan fingerprint density at radius 2 is 1.92 bits per heavy atom. The summed E-state index contributed by atoms with van der Waals surface area (Å²) in [7, 11) is 0. The van der Waals surface area contributed by atoms with Crippen LogP contribution < -0.4 is 15.0 Å². The first-order chi connectivity index (χ1) is 12.6.